The van der Waals surface area contributed by atoms with Crippen LogP contribution in [0.3, 0.4) is 0 Å². The molecule has 21 heavy (non-hydrogen) atoms. The fourth-order valence-electron chi connectivity index (χ4n) is 2.04. The molecule has 1 aliphatic heterocycles. The molecule has 6 nitrogen and oxygen atoms in total. The van der Waals surface area contributed by atoms with E-state index in [0.29, 0.717) is 18.8 Å². The van der Waals surface area contributed by atoms with Gasteiger partial charge in [0.15, 0.2) is 0 Å². The number of halogens is 1. The van der Waals surface area contributed by atoms with Crippen LogP contribution < -0.4 is 16.4 Å². The molecule has 1 fully saturated rings. The van der Waals surface area contributed by atoms with Gasteiger partial charge in [-0.05, 0) is 30.5 Å². The third-order valence-corrected chi connectivity index (χ3v) is 3.09. The number of benzene rings is 1. The van der Waals surface area contributed by atoms with E-state index in [-0.39, 0.29) is 36.9 Å². The van der Waals surface area contributed by atoms with Crippen LogP contribution >= 0.6 is 12.4 Å². The number of hydrogen-bond acceptors (Lipinski definition) is 4. The number of ether oxygens (including phenoxy) is 1. The summed E-state index contributed by atoms with van der Waals surface area (Å²) in [5.74, 6) is -0.329. The van der Waals surface area contributed by atoms with E-state index in [0.717, 1.165) is 18.4 Å². The quantitative estimate of drug-likeness (QED) is 0.749. The van der Waals surface area contributed by atoms with Crippen molar-refractivity contribution in [2.45, 2.75) is 25.5 Å². The summed E-state index contributed by atoms with van der Waals surface area (Å²) in [5.41, 5.74) is 6.82. The van der Waals surface area contributed by atoms with E-state index in [1.807, 2.05) is 18.2 Å². The molecule has 1 heterocycles. The highest BCUT2D eigenvalue weighted by Gasteiger charge is 2.23. The van der Waals surface area contributed by atoms with Crippen LogP contribution in [0, 0.1) is 0 Å². The topological polar surface area (TPSA) is 93.5 Å². The minimum atomic E-state index is -0.351. The van der Waals surface area contributed by atoms with Crippen molar-refractivity contribution in [2.75, 3.05) is 18.5 Å². The summed E-state index contributed by atoms with van der Waals surface area (Å²) in [4.78, 5) is 23.0. The zero-order valence-corrected chi connectivity index (χ0v) is 12.4. The highest BCUT2D eigenvalue weighted by molar-refractivity contribution is 5.94. The zero-order valence-electron chi connectivity index (χ0n) is 11.6. The normalized spacial score (nSPS) is 16.9. The van der Waals surface area contributed by atoms with Crippen LogP contribution in [0.5, 0.6) is 0 Å². The van der Waals surface area contributed by atoms with Gasteiger partial charge in [0.1, 0.15) is 6.10 Å². The lowest BCUT2D eigenvalue weighted by atomic mass is 10.2. The predicted molar refractivity (Wildman–Crippen MR) is 82.2 cm³/mol. The molecule has 1 aromatic carbocycles. The SMILES string of the molecule is Cl.NCC(=O)NCc1cccc(NC(=O)C2CCCO2)c1. The van der Waals surface area contributed by atoms with Crippen molar-refractivity contribution < 1.29 is 14.3 Å². The Hall–Kier alpha value is -1.63. The van der Waals surface area contributed by atoms with Gasteiger partial charge >= 0.3 is 0 Å². The van der Waals surface area contributed by atoms with Gasteiger partial charge in [0.25, 0.3) is 5.91 Å². The molecule has 1 saturated heterocycles. The third kappa shape index (κ3) is 5.34. The van der Waals surface area contributed by atoms with Crippen LogP contribution in [0.2, 0.25) is 0 Å². The van der Waals surface area contributed by atoms with Crippen LogP contribution in [0.4, 0.5) is 5.69 Å². The van der Waals surface area contributed by atoms with Gasteiger partial charge in [-0.1, -0.05) is 12.1 Å². The van der Waals surface area contributed by atoms with Crippen LogP contribution in [0.15, 0.2) is 24.3 Å². The molecule has 2 amide bonds. The molecule has 0 radical (unpaired) electrons. The minimum absolute atomic E-state index is 0. The Kier molecular flexibility index (Phi) is 7.14. The number of carbonyl (C=O) groups excluding carboxylic acids is 2. The Morgan fingerprint density at radius 1 is 1.38 bits per heavy atom. The van der Waals surface area contributed by atoms with Gasteiger partial charge < -0.3 is 21.1 Å². The second-order valence-electron chi connectivity index (χ2n) is 4.67. The second kappa shape index (κ2) is 8.61. The first-order chi connectivity index (χ1) is 9.69. The second-order valence-corrected chi connectivity index (χ2v) is 4.67. The Morgan fingerprint density at radius 2 is 2.19 bits per heavy atom. The van der Waals surface area contributed by atoms with E-state index in [1.54, 1.807) is 6.07 Å². The summed E-state index contributed by atoms with van der Waals surface area (Å²) in [6, 6.07) is 7.33. The monoisotopic (exact) mass is 313 g/mol. The largest absolute Gasteiger partial charge is 0.368 e. The van der Waals surface area contributed by atoms with E-state index < -0.39 is 0 Å². The van der Waals surface area contributed by atoms with Crippen LogP contribution in [-0.4, -0.2) is 31.1 Å². The molecule has 0 saturated carbocycles. The lowest BCUT2D eigenvalue weighted by Crippen LogP contribution is -2.29. The number of hydrogen-bond donors (Lipinski definition) is 3. The van der Waals surface area contributed by atoms with Crippen LogP contribution in [0.1, 0.15) is 18.4 Å². The van der Waals surface area contributed by atoms with Gasteiger partial charge in [-0.3, -0.25) is 9.59 Å². The first-order valence-electron chi connectivity index (χ1n) is 6.67. The Labute approximate surface area is 129 Å². The van der Waals surface area contributed by atoms with Crippen molar-refractivity contribution in [3.63, 3.8) is 0 Å². The number of amides is 2. The summed E-state index contributed by atoms with van der Waals surface area (Å²) in [6.07, 6.45) is 1.33. The number of rotatable bonds is 5. The molecule has 1 atom stereocenters. The molecule has 1 aliphatic rings. The van der Waals surface area contributed by atoms with Gasteiger partial charge in [-0.25, -0.2) is 0 Å². The first-order valence-corrected chi connectivity index (χ1v) is 6.67. The fraction of sp³-hybridized carbons (Fsp3) is 0.429. The predicted octanol–water partition coefficient (Wildman–Crippen LogP) is 0.801. The van der Waals surface area contributed by atoms with Gasteiger partial charge in [0.05, 0.1) is 6.54 Å². The van der Waals surface area contributed by atoms with Gasteiger partial charge in [0, 0.05) is 18.8 Å². The maximum atomic E-state index is 11.9. The van der Waals surface area contributed by atoms with Gasteiger partial charge in [0.2, 0.25) is 5.91 Å². The standard InChI is InChI=1S/C14H19N3O3.ClH/c15-8-13(18)16-9-10-3-1-4-11(7-10)17-14(19)12-5-2-6-20-12;/h1,3-4,7,12H,2,5-6,8-9,15H2,(H,16,18)(H,17,19);1H. The van der Waals surface area contributed by atoms with Gasteiger partial charge in [-0.2, -0.15) is 0 Å². The Bertz CT molecular complexity index is 490. The molecule has 1 unspecified atom stereocenters. The number of nitrogens with two attached hydrogens (primary N) is 1. The molecule has 116 valence electrons. The maximum Gasteiger partial charge on any atom is 0.253 e. The number of anilines is 1. The molecule has 4 N–H and O–H groups in total. The summed E-state index contributed by atoms with van der Waals surface area (Å²) >= 11 is 0. The Balaban J connectivity index is 0.00000220. The molecule has 2 rings (SSSR count). The molecule has 0 spiro atoms. The van der Waals surface area contributed by atoms with E-state index >= 15 is 0 Å². The van der Waals surface area contributed by atoms with Crippen molar-refractivity contribution >= 4 is 29.9 Å². The van der Waals surface area contributed by atoms with Crippen molar-refractivity contribution in [3.8, 4) is 0 Å². The van der Waals surface area contributed by atoms with Crippen molar-refractivity contribution in [1.29, 1.82) is 0 Å². The summed E-state index contributed by atoms with van der Waals surface area (Å²) < 4.78 is 5.33. The first kappa shape index (κ1) is 17.4. The molecule has 0 bridgehead atoms. The van der Waals surface area contributed by atoms with Crippen molar-refractivity contribution in [2.24, 2.45) is 5.73 Å². The fourth-order valence-corrected chi connectivity index (χ4v) is 2.04. The lowest BCUT2D eigenvalue weighted by molar-refractivity contribution is -0.124. The highest BCUT2D eigenvalue weighted by Crippen LogP contribution is 2.16. The lowest BCUT2D eigenvalue weighted by Gasteiger charge is -2.11. The summed E-state index contributed by atoms with van der Waals surface area (Å²) in [7, 11) is 0. The summed E-state index contributed by atoms with van der Waals surface area (Å²) in [5, 5.41) is 5.51. The van der Waals surface area contributed by atoms with Crippen LogP contribution in [-0.2, 0) is 20.9 Å². The highest BCUT2D eigenvalue weighted by atomic mass is 35.5. The molecular weight excluding hydrogens is 294 g/mol. The van der Waals surface area contributed by atoms with Crippen molar-refractivity contribution in [1.82, 2.24) is 5.32 Å². The van der Waals surface area contributed by atoms with E-state index in [4.69, 9.17) is 10.5 Å². The molecule has 7 heteroatoms. The minimum Gasteiger partial charge on any atom is -0.368 e. The maximum absolute atomic E-state index is 11.9. The number of nitrogens with one attached hydrogen (secondary N) is 2. The number of carbonyl (C=O) groups is 2. The van der Waals surface area contributed by atoms with Gasteiger partial charge in [-0.15, -0.1) is 12.4 Å². The average Bonchev–Trinajstić information content (AvgIpc) is 2.99. The molecule has 0 aliphatic carbocycles. The van der Waals surface area contributed by atoms with Crippen molar-refractivity contribution in [3.05, 3.63) is 29.8 Å². The Morgan fingerprint density at radius 3 is 2.86 bits per heavy atom. The van der Waals surface area contributed by atoms with E-state index in [9.17, 15) is 9.59 Å². The zero-order chi connectivity index (χ0) is 14.4. The molecule has 1 aromatic rings. The van der Waals surface area contributed by atoms with Crippen LogP contribution in [0.25, 0.3) is 0 Å². The molecular formula is C14H20ClN3O3. The van der Waals surface area contributed by atoms with E-state index in [1.165, 1.54) is 0 Å². The average molecular weight is 314 g/mol. The molecule has 0 aromatic heterocycles. The van der Waals surface area contributed by atoms with E-state index in [2.05, 4.69) is 10.6 Å². The summed E-state index contributed by atoms with van der Waals surface area (Å²) in [6.45, 7) is 0.998. The smallest absolute Gasteiger partial charge is 0.253 e. The third-order valence-electron chi connectivity index (χ3n) is 3.09.